The van der Waals surface area contributed by atoms with Gasteiger partial charge in [0.05, 0.1) is 0 Å². The van der Waals surface area contributed by atoms with Gasteiger partial charge in [-0.3, -0.25) is 4.90 Å². The highest BCUT2D eigenvalue weighted by molar-refractivity contribution is 5.14. The van der Waals surface area contributed by atoms with E-state index in [0.717, 1.165) is 6.54 Å². The minimum atomic E-state index is 0.361. The Kier molecular flexibility index (Phi) is 5.30. The maximum atomic E-state index is 3.64. The molecule has 1 atom stereocenters. The van der Waals surface area contributed by atoms with Crippen LogP contribution in [-0.4, -0.2) is 37.6 Å². The molecule has 2 rings (SSSR count). The fourth-order valence-corrected chi connectivity index (χ4v) is 4.00. The summed E-state index contributed by atoms with van der Waals surface area (Å²) in [5.41, 5.74) is 2.56. The molecule has 0 spiro atoms. The maximum Gasteiger partial charge on any atom is 0.0166 e. The zero-order valence-corrected chi connectivity index (χ0v) is 14.1. The van der Waals surface area contributed by atoms with Crippen LogP contribution in [-0.2, 0) is 0 Å². The molecule has 2 aliphatic heterocycles. The molecule has 0 aromatic rings. The summed E-state index contributed by atoms with van der Waals surface area (Å²) in [7, 11) is 0. The first-order valence-electron chi connectivity index (χ1n) is 8.58. The first-order chi connectivity index (χ1) is 9.45. The SMILES string of the molecule is CCCC1(CN2CC=C(C(C)(C)C)CC2)CCCNC1. The molecule has 2 heteroatoms. The lowest BCUT2D eigenvalue weighted by molar-refractivity contribution is 0.109. The summed E-state index contributed by atoms with van der Waals surface area (Å²) in [6.07, 6.45) is 9.24. The molecule has 0 aromatic carbocycles. The van der Waals surface area contributed by atoms with Crippen molar-refractivity contribution < 1.29 is 0 Å². The molecule has 116 valence electrons. The lowest BCUT2D eigenvalue weighted by Crippen LogP contribution is -2.48. The van der Waals surface area contributed by atoms with Crippen LogP contribution in [0.5, 0.6) is 0 Å². The zero-order chi connectivity index (χ0) is 14.6. The molecule has 2 aliphatic rings. The summed E-state index contributed by atoms with van der Waals surface area (Å²) < 4.78 is 0. The van der Waals surface area contributed by atoms with Crippen molar-refractivity contribution in [1.29, 1.82) is 0 Å². The highest BCUT2D eigenvalue weighted by Crippen LogP contribution is 2.35. The topological polar surface area (TPSA) is 15.3 Å². The average molecular weight is 278 g/mol. The Labute approximate surface area is 126 Å². The quantitative estimate of drug-likeness (QED) is 0.786. The van der Waals surface area contributed by atoms with Crippen LogP contribution in [0.1, 0.15) is 59.8 Å². The van der Waals surface area contributed by atoms with Crippen LogP contribution in [0, 0.1) is 10.8 Å². The van der Waals surface area contributed by atoms with Crippen molar-refractivity contribution in [2.45, 2.75) is 59.8 Å². The van der Waals surface area contributed by atoms with Crippen molar-refractivity contribution in [1.82, 2.24) is 10.2 Å². The van der Waals surface area contributed by atoms with E-state index >= 15 is 0 Å². The molecule has 0 radical (unpaired) electrons. The minimum absolute atomic E-state index is 0.361. The standard InChI is InChI=1S/C18H34N2/c1-5-9-18(10-6-11-19-14-18)15-20-12-7-16(8-13-20)17(2,3)4/h7,19H,5-6,8-15H2,1-4H3. The average Bonchev–Trinajstić information content (AvgIpc) is 2.39. The Hall–Kier alpha value is -0.340. The number of piperidine rings is 1. The predicted molar refractivity (Wildman–Crippen MR) is 88.0 cm³/mol. The number of hydrogen-bond donors (Lipinski definition) is 1. The molecule has 0 bridgehead atoms. The second-order valence-electron chi connectivity index (χ2n) is 7.99. The van der Waals surface area contributed by atoms with Gasteiger partial charge in [0, 0.05) is 26.2 Å². The van der Waals surface area contributed by atoms with Crippen LogP contribution in [0.3, 0.4) is 0 Å². The Morgan fingerprint density at radius 1 is 1.35 bits per heavy atom. The van der Waals surface area contributed by atoms with E-state index in [9.17, 15) is 0 Å². The van der Waals surface area contributed by atoms with Gasteiger partial charge in [0.1, 0.15) is 0 Å². The lowest BCUT2D eigenvalue weighted by atomic mass is 9.76. The van der Waals surface area contributed by atoms with Crippen molar-refractivity contribution in [2.75, 3.05) is 32.7 Å². The van der Waals surface area contributed by atoms with Gasteiger partial charge in [0.25, 0.3) is 0 Å². The van der Waals surface area contributed by atoms with E-state index in [1.165, 1.54) is 58.3 Å². The van der Waals surface area contributed by atoms with Gasteiger partial charge >= 0.3 is 0 Å². The molecule has 1 saturated heterocycles. The Morgan fingerprint density at radius 3 is 2.65 bits per heavy atom. The first kappa shape index (κ1) is 16.0. The number of hydrogen-bond acceptors (Lipinski definition) is 2. The van der Waals surface area contributed by atoms with Crippen LogP contribution in [0.25, 0.3) is 0 Å². The number of nitrogens with one attached hydrogen (secondary N) is 1. The maximum absolute atomic E-state index is 3.64. The summed E-state index contributed by atoms with van der Waals surface area (Å²) >= 11 is 0. The minimum Gasteiger partial charge on any atom is -0.316 e. The molecule has 2 nitrogen and oxygen atoms in total. The zero-order valence-electron chi connectivity index (χ0n) is 14.1. The van der Waals surface area contributed by atoms with Gasteiger partial charge in [-0.15, -0.1) is 0 Å². The van der Waals surface area contributed by atoms with Crippen molar-refractivity contribution in [2.24, 2.45) is 10.8 Å². The summed E-state index contributed by atoms with van der Waals surface area (Å²) in [6, 6.07) is 0. The van der Waals surface area contributed by atoms with Crippen LogP contribution in [0.15, 0.2) is 11.6 Å². The van der Waals surface area contributed by atoms with Gasteiger partial charge in [-0.2, -0.15) is 0 Å². The molecule has 1 fully saturated rings. The Morgan fingerprint density at radius 2 is 2.15 bits per heavy atom. The first-order valence-corrected chi connectivity index (χ1v) is 8.58. The molecular weight excluding hydrogens is 244 g/mol. The van der Waals surface area contributed by atoms with Gasteiger partial charge < -0.3 is 5.32 Å². The van der Waals surface area contributed by atoms with E-state index in [-0.39, 0.29) is 0 Å². The van der Waals surface area contributed by atoms with E-state index < -0.39 is 0 Å². The van der Waals surface area contributed by atoms with E-state index in [1.807, 2.05) is 0 Å². The molecule has 1 N–H and O–H groups in total. The monoisotopic (exact) mass is 278 g/mol. The fourth-order valence-electron chi connectivity index (χ4n) is 4.00. The molecule has 20 heavy (non-hydrogen) atoms. The van der Waals surface area contributed by atoms with Gasteiger partial charge in [-0.1, -0.05) is 45.8 Å². The van der Waals surface area contributed by atoms with Gasteiger partial charge in [-0.25, -0.2) is 0 Å². The van der Waals surface area contributed by atoms with Crippen LogP contribution < -0.4 is 5.32 Å². The van der Waals surface area contributed by atoms with Crippen LogP contribution in [0.4, 0.5) is 0 Å². The fraction of sp³-hybridized carbons (Fsp3) is 0.889. The molecule has 1 unspecified atom stereocenters. The Bertz CT molecular complexity index is 326. The van der Waals surface area contributed by atoms with E-state index in [0.29, 0.717) is 10.8 Å². The van der Waals surface area contributed by atoms with Crippen molar-refractivity contribution >= 4 is 0 Å². The third-order valence-corrected chi connectivity index (χ3v) is 5.16. The largest absolute Gasteiger partial charge is 0.316 e. The van der Waals surface area contributed by atoms with Crippen LogP contribution in [0.2, 0.25) is 0 Å². The highest BCUT2D eigenvalue weighted by atomic mass is 15.1. The van der Waals surface area contributed by atoms with Crippen LogP contribution >= 0.6 is 0 Å². The summed E-state index contributed by atoms with van der Waals surface area (Å²) in [5.74, 6) is 0. The van der Waals surface area contributed by atoms with Crippen molar-refractivity contribution in [3.63, 3.8) is 0 Å². The van der Waals surface area contributed by atoms with Gasteiger partial charge in [0.15, 0.2) is 0 Å². The number of rotatable bonds is 4. The normalized spacial score (nSPS) is 29.3. The Balaban J connectivity index is 1.94. The van der Waals surface area contributed by atoms with E-state index in [2.05, 4.69) is 44.0 Å². The molecule has 0 saturated carbocycles. The van der Waals surface area contributed by atoms with Crippen molar-refractivity contribution in [3.8, 4) is 0 Å². The lowest BCUT2D eigenvalue weighted by Gasteiger charge is -2.43. The predicted octanol–water partition coefficient (Wildman–Crippen LogP) is 3.83. The second kappa shape index (κ2) is 6.62. The molecule has 0 aliphatic carbocycles. The summed E-state index contributed by atoms with van der Waals surface area (Å²) in [6.45, 7) is 15.5. The van der Waals surface area contributed by atoms with Crippen molar-refractivity contribution in [3.05, 3.63) is 11.6 Å². The molecule has 0 aromatic heterocycles. The highest BCUT2D eigenvalue weighted by Gasteiger charge is 2.33. The second-order valence-corrected chi connectivity index (χ2v) is 7.99. The van der Waals surface area contributed by atoms with Gasteiger partial charge in [-0.05, 0) is 43.1 Å². The van der Waals surface area contributed by atoms with E-state index in [4.69, 9.17) is 0 Å². The molecular formula is C18H34N2. The third-order valence-electron chi connectivity index (χ3n) is 5.16. The number of nitrogens with zero attached hydrogens (tertiary/aromatic N) is 1. The van der Waals surface area contributed by atoms with E-state index in [1.54, 1.807) is 5.57 Å². The smallest absolute Gasteiger partial charge is 0.0166 e. The molecule has 0 amide bonds. The summed E-state index contributed by atoms with van der Waals surface area (Å²) in [5, 5.41) is 3.64. The molecule has 2 heterocycles. The van der Waals surface area contributed by atoms with Gasteiger partial charge in [0.2, 0.25) is 0 Å². The summed E-state index contributed by atoms with van der Waals surface area (Å²) in [4.78, 5) is 2.69. The third kappa shape index (κ3) is 4.08.